The van der Waals surface area contributed by atoms with Crippen LogP contribution in [-0.4, -0.2) is 16.1 Å². The molecule has 0 aliphatic carbocycles. The summed E-state index contributed by atoms with van der Waals surface area (Å²) < 4.78 is 12.9. The van der Waals surface area contributed by atoms with Crippen LogP contribution in [0.4, 0.5) is 10.2 Å². The van der Waals surface area contributed by atoms with Crippen LogP contribution in [0.3, 0.4) is 0 Å². The number of nitrogens with zero attached hydrogens (tertiary/aromatic N) is 1. The lowest BCUT2D eigenvalue weighted by atomic mass is 10.2. The minimum Gasteiger partial charge on any atom is -0.307 e. The Balaban J connectivity index is 2.01. The lowest BCUT2D eigenvalue weighted by molar-refractivity contribution is -0.111. The molecule has 2 rings (SSSR count). The van der Waals surface area contributed by atoms with Gasteiger partial charge in [0.2, 0.25) is 5.91 Å². The Morgan fingerprint density at radius 3 is 3.00 bits per heavy atom. The Hall–Kier alpha value is -2.43. The van der Waals surface area contributed by atoms with E-state index in [2.05, 4.69) is 15.5 Å². The summed E-state index contributed by atoms with van der Waals surface area (Å²) in [4.78, 5) is 11.6. The van der Waals surface area contributed by atoms with Crippen LogP contribution < -0.4 is 5.32 Å². The number of rotatable bonds is 3. The van der Waals surface area contributed by atoms with Gasteiger partial charge in [0.05, 0.1) is 6.20 Å². The number of hydrogen-bond acceptors (Lipinski definition) is 2. The highest BCUT2D eigenvalue weighted by Gasteiger charge is 2.02. The Morgan fingerprint density at radius 1 is 1.50 bits per heavy atom. The molecule has 92 valence electrons. The molecule has 0 saturated carbocycles. The average Bonchev–Trinajstić information content (AvgIpc) is 2.73. The van der Waals surface area contributed by atoms with Crippen LogP contribution in [0.5, 0.6) is 0 Å². The van der Waals surface area contributed by atoms with E-state index in [0.29, 0.717) is 11.4 Å². The maximum absolute atomic E-state index is 12.9. The summed E-state index contributed by atoms with van der Waals surface area (Å²) in [6, 6.07) is 6.01. The summed E-state index contributed by atoms with van der Waals surface area (Å²) in [6.07, 6.45) is 4.51. The third kappa shape index (κ3) is 3.04. The largest absolute Gasteiger partial charge is 0.307 e. The number of halogens is 1. The monoisotopic (exact) mass is 245 g/mol. The lowest BCUT2D eigenvalue weighted by Crippen LogP contribution is -2.08. The molecule has 0 bridgehead atoms. The van der Waals surface area contributed by atoms with E-state index in [4.69, 9.17) is 0 Å². The molecule has 1 amide bonds. The van der Waals surface area contributed by atoms with Crippen LogP contribution in [0.1, 0.15) is 11.1 Å². The first-order valence-corrected chi connectivity index (χ1v) is 5.40. The fourth-order valence-electron chi connectivity index (χ4n) is 1.42. The standard InChI is InChI=1S/C13H12FN3O/c1-9-8-15-17-13(9)16-12(18)6-5-10-3-2-4-11(14)7-10/h2-8H,1H3,(H2,15,16,17,18)/b6-5+. The van der Waals surface area contributed by atoms with E-state index in [1.165, 1.54) is 18.2 Å². The normalized spacial score (nSPS) is 10.8. The molecule has 0 spiro atoms. The van der Waals surface area contributed by atoms with Gasteiger partial charge in [-0.15, -0.1) is 0 Å². The van der Waals surface area contributed by atoms with E-state index in [0.717, 1.165) is 5.56 Å². The van der Waals surface area contributed by atoms with E-state index in [9.17, 15) is 9.18 Å². The molecule has 0 aliphatic rings. The quantitative estimate of drug-likeness (QED) is 0.816. The summed E-state index contributed by atoms with van der Waals surface area (Å²) in [6.45, 7) is 1.83. The number of aryl methyl sites for hydroxylation is 1. The van der Waals surface area contributed by atoms with Crippen molar-refractivity contribution in [2.45, 2.75) is 6.92 Å². The zero-order valence-corrected chi connectivity index (χ0v) is 9.77. The predicted octanol–water partition coefficient (Wildman–Crippen LogP) is 2.51. The summed E-state index contributed by atoms with van der Waals surface area (Å²) in [5, 5.41) is 9.10. The highest BCUT2D eigenvalue weighted by molar-refractivity contribution is 6.01. The Kier molecular flexibility index (Phi) is 3.52. The molecule has 0 atom stereocenters. The minimum absolute atomic E-state index is 0.299. The van der Waals surface area contributed by atoms with Gasteiger partial charge < -0.3 is 5.32 Å². The van der Waals surface area contributed by atoms with Crippen LogP contribution in [-0.2, 0) is 4.79 Å². The van der Waals surface area contributed by atoms with E-state index >= 15 is 0 Å². The van der Waals surface area contributed by atoms with Gasteiger partial charge in [0.1, 0.15) is 11.6 Å². The fraction of sp³-hybridized carbons (Fsp3) is 0.0769. The van der Waals surface area contributed by atoms with Crippen LogP contribution in [0.25, 0.3) is 6.08 Å². The van der Waals surface area contributed by atoms with Crippen molar-refractivity contribution in [3.05, 3.63) is 53.5 Å². The first-order chi connectivity index (χ1) is 8.65. The molecule has 0 saturated heterocycles. The number of carbonyl (C=O) groups excluding carboxylic acids is 1. The second-order valence-electron chi connectivity index (χ2n) is 3.81. The van der Waals surface area contributed by atoms with Gasteiger partial charge in [-0.25, -0.2) is 4.39 Å². The topological polar surface area (TPSA) is 57.8 Å². The van der Waals surface area contributed by atoms with Gasteiger partial charge in [0.25, 0.3) is 0 Å². The van der Waals surface area contributed by atoms with Gasteiger partial charge >= 0.3 is 0 Å². The molecular formula is C13H12FN3O. The van der Waals surface area contributed by atoms with Crippen molar-refractivity contribution in [3.63, 3.8) is 0 Å². The molecule has 2 N–H and O–H groups in total. The Labute approximate surface area is 104 Å². The number of nitrogens with one attached hydrogen (secondary N) is 2. The Bertz CT molecular complexity index is 589. The molecule has 0 radical (unpaired) electrons. The van der Waals surface area contributed by atoms with Gasteiger partial charge in [0, 0.05) is 11.6 Å². The molecular weight excluding hydrogens is 233 g/mol. The molecule has 0 unspecified atom stereocenters. The van der Waals surface area contributed by atoms with E-state index in [-0.39, 0.29) is 11.7 Å². The number of hydrogen-bond donors (Lipinski definition) is 2. The first kappa shape index (κ1) is 12.0. The van der Waals surface area contributed by atoms with E-state index < -0.39 is 0 Å². The summed E-state index contributed by atoms with van der Waals surface area (Å²) in [5.41, 5.74) is 1.48. The molecule has 2 aromatic rings. The van der Waals surface area contributed by atoms with Crippen LogP contribution >= 0.6 is 0 Å². The number of H-pyrrole nitrogens is 1. The van der Waals surface area contributed by atoms with Gasteiger partial charge in [-0.1, -0.05) is 12.1 Å². The molecule has 0 fully saturated rings. The number of carbonyl (C=O) groups is 1. The van der Waals surface area contributed by atoms with Crippen molar-refractivity contribution in [1.82, 2.24) is 10.2 Å². The molecule has 0 aliphatic heterocycles. The summed E-state index contributed by atoms with van der Waals surface area (Å²) in [5.74, 6) is -0.0718. The van der Waals surface area contributed by atoms with Gasteiger partial charge in [-0.2, -0.15) is 5.10 Å². The van der Waals surface area contributed by atoms with Crippen LogP contribution in [0.15, 0.2) is 36.5 Å². The minimum atomic E-state index is -0.332. The fourth-order valence-corrected chi connectivity index (χ4v) is 1.42. The van der Waals surface area contributed by atoms with Crippen LogP contribution in [0, 0.1) is 12.7 Å². The summed E-state index contributed by atoms with van der Waals surface area (Å²) >= 11 is 0. The molecule has 18 heavy (non-hydrogen) atoms. The van der Waals surface area contributed by atoms with Crippen molar-refractivity contribution in [3.8, 4) is 0 Å². The van der Waals surface area contributed by atoms with Crippen molar-refractivity contribution >= 4 is 17.8 Å². The highest BCUT2D eigenvalue weighted by Crippen LogP contribution is 2.09. The number of aromatic nitrogens is 2. The third-order valence-electron chi connectivity index (χ3n) is 2.35. The second kappa shape index (κ2) is 5.27. The average molecular weight is 245 g/mol. The number of anilines is 1. The third-order valence-corrected chi connectivity index (χ3v) is 2.35. The first-order valence-electron chi connectivity index (χ1n) is 5.40. The molecule has 5 heteroatoms. The van der Waals surface area contributed by atoms with Gasteiger partial charge in [0.15, 0.2) is 0 Å². The number of benzene rings is 1. The molecule has 4 nitrogen and oxygen atoms in total. The SMILES string of the molecule is Cc1cn[nH]c1NC(=O)/C=C/c1cccc(F)c1. The maximum Gasteiger partial charge on any atom is 0.249 e. The maximum atomic E-state index is 12.9. The molecule has 1 heterocycles. The highest BCUT2D eigenvalue weighted by atomic mass is 19.1. The van der Waals surface area contributed by atoms with Crippen molar-refractivity contribution in [2.75, 3.05) is 5.32 Å². The second-order valence-corrected chi connectivity index (χ2v) is 3.81. The Morgan fingerprint density at radius 2 is 2.33 bits per heavy atom. The van der Waals surface area contributed by atoms with Crippen molar-refractivity contribution in [2.24, 2.45) is 0 Å². The number of aromatic amines is 1. The lowest BCUT2D eigenvalue weighted by Gasteiger charge is -1.99. The van der Waals surface area contributed by atoms with Crippen LogP contribution in [0.2, 0.25) is 0 Å². The van der Waals surface area contributed by atoms with Gasteiger partial charge in [-0.3, -0.25) is 9.89 Å². The molecule has 1 aromatic heterocycles. The van der Waals surface area contributed by atoms with E-state index in [1.54, 1.807) is 24.4 Å². The number of amides is 1. The summed E-state index contributed by atoms with van der Waals surface area (Å²) in [7, 11) is 0. The smallest absolute Gasteiger partial charge is 0.249 e. The molecule has 1 aromatic carbocycles. The zero-order chi connectivity index (χ0) is 13.0. The van der Waals surface area contributed by atoms with Crippen molar-refractivity contribution in [1.29, 1.82) is 0 Å². The zero-order valence-electron chi connectivity index (χ0n) is 9.77. The van der Waals surface area contributed by atoms with Crippen molar-refractivity contribution < 1.29 is 9.18 Å². The predicted molar refractivity (Wildman–Crippen MR) is 67.4 cm³/mol. The van der Waals surface area contributed by atoms with E-state index in [1.807, 2.05) is 6.92 Å². The van der Waals surface area contributed by atoms with Gasteiger partial charge in [-0.05, 0) is 30.7 Å².